The zero-order valence-electron chi connectivity index (χ0n) is 21.4. The van der Waals surface area contributed by atoms with Gasteiger partial charge in [0.2, 0.25) is 0 Å². The van der Waals surface area contributed by atoms with E-state index >= 15 is 0 Å². The largest absolute Gasteiger partial charge is 0.479 e. The summed E-state index contributed by atoms with van der Waals surface area (Å²) in [6, 6.07) is 8.01. The number of carbonyl (C=O) groups excluding carboxylic acids is 1. The maximum atomic E-state index is 12.3. The van der Waals surface area contributed by atoms with E-state index in [9.17, 15) is 19.8 Å². The van der Waals surface area contributed by atoms with Crippen LogP contribution in [0.2, 0.25) is 0 Å². The monoisotopic (exact) mass is 524 g/mol. The van der Waals surface area contributed by atoms with E-state index in [1.165, 1.54) is 11.3 Å². The van der Waals surface area contributed by atoms with Gasteiger partial charge in [0.25, 0.3) is 0 Å². The number of aliphatic carboxylic acids is 1. The van der Waals surface area contributed by atoms with Crippen LogP contribution in [0.15, 0.2) is 29.6 Å². The second-order valence-electron chi connectivity index (χ2n) is 10.8. The molecule has 0 amide bonds. The molecule has 1 atom stereocenters. The van der Waals surface area contributed by atoms with E-state index in [-0.39, 0.29) is 5.92 Å². The van der Waals surface area contributed by atoms with E-state index in [1.54, 1.807) is 12.1 Å². The van der Waals surface area contributed by atoms with Gasteiger partial charge in [-0.05, 0) is 99.7 Å². The van der Waals surface area contributed by atoms with E-state index in [0.717, 1.165) is 93.8 Å². The van der Waals surface area contributed by atoms with Gasteiger partial charge >= 0.3 is 5.97 Å². The third-order valence-electron chi connectivity index (χ3n) is 8.63. The van der Waals surface area contributed by atoms with Crippen molar-refractivity contribution in [1.82, 2.24) is 19.9 Å². The zero-order chi connectivity index (χ0) is 26.0. The lowest BCUT2D eigenvalue weighted by Gasteiger charge is -2.36. The van der Waals surface area contributed by atoms with Crippen molar-refractivity contribution >= 4 is 34.6 Å². The van der Waals surface area contributed by atoms with Crippen molar-refractivity contribution in [2.45, 2.75) is 81.9 Å². The lowest BCUT2D eigenvalue weighted by atomic mass is 9.76. The molecular formula is C28H36N4O4S. The Hall–Kier alpha value is -2.62. The molecule has 2 saturated carbocycles. The topological polar surface area (TPSA) is 109 Å². The Morgan fingerprint density at radius 1 is 1.19 bits per heavy atom. The third-order valence-corrected chi connectivity index (χ3v) is 9.68. The molecule has 8 nitrogen and oxygen atoms in total. The van der Waals surface area contributed by atoms with Crippen LogP contribution < -0.4 is 0 Å². The van der Waals surface area contributed by atoms with Gasteiger partial charge in [0.15, 0.2) is 5.60 Å². The molecule has 2 aliphatic rings. The standard InChI is InChI=1S/C28H36N4O4S/c1-31(14-4-15-32-25-12-7-19(18-33)17-24(25)29-30-32)22-10-8-20(9-11-22)23-13-16-37-26(23)28(36,27(34)35)21-5-2-3-6-21/h7,12-13,16-18,20-22,36H,2-6,8-11,14-15H2,1H3,(H,34,35)/t20?,22?,28-/m1/s1. The highest BCUT2D eigenvalue weighted by Crippen LogP contribution is 2.47. The molecule has 2 N–H and O–H groups in total. The summed E-state index contributed by atoms with van der Waals surface area (Å²) in [5.41, 5.74) is 1.59. The van der Waals surface area contributed by atoms with E-state index in [4.69, 9.17) is 0 Å². The fourth-order valence-corrected chi connectivity index (χ4v) is 7.61. The molecule has 3 aromatic rings. The van der Waals surface area contributed by atoms with Crippen molar-refractivity contribution in [3.63, 3.8) is 0 Å². The molecule has 0 spiro atoms. The average molecular weight is 525 g/mol. The summed E-state index contributed by atoms with van der Waals surface area (Å²) >= 11 is 1.41. The van der Waals surface area contributed by atoms with Crippen molar-refractivity contribution in [2.24, 2.45) is 5.92 Å². The van der Waals surface area contributed by atoms with Crippen molar-refractivity contribution in [1.29, 1.82) is 0 Å². The molecule has 198 valence electrons. The molecule has 2 aliphatic carbocycles. The van der Waals surface area contributed by atoms with E-state index in [2.05, 4.69) is 28.3 Å². The lowest BCUT2D eigenvalue weighted by molar-refractivity contribution is -0.166. The fraction of sp³-hybridized carbons (Fsp3) is 0.571. The molecular weight excluding hydrogens is 488 g/mol. The van der Waals surface area contributed by atoms with Crippen molar-refractivity contribution in [3.05, 3.63) is 45.6 Å². The highest BCUT2D eigenvalue weighted by atomic mass is 32.1. The summed E-state index contributed by atoms with van der Waals surface area (Å²) in [6.45, 7) is 1.72. The maximum absolute atomic E-state index is 12.3. The normalized spacial score (nSPS) is 22.5. The van der Waals surface area contributed by atoms with Crippen molar-refractivity contribution in [3.8, 4) is 0 Å². The summed E-state index contributed by atoms with van der Waals surface area (Å²) in [7, 11) is 2.18. The van der Waals surface area contributed by atoms with E-state index in [1.807, 2.05) is 16.1 Å². The van der Waals surface area contributed by atoms with Crippen LogP contribution >= 0.6 is 11.3 Å². The number of carboxylic acids is 1. The molecule has 0 radical (unpaired) electrons. The summed E-state index contributed by atoms with van der Waals surface area (Å²) in [6.07, 6.45) is 9.45. The summed E-state index contributed by atoms with van der Waals surface area (Å²) < 4.78 is 1.90. The second-order valence-corrected chi connectivity index (χ2v) is 11.7. The molecule has 0 aliphatic heterocycles. The van der Waals surface area contributed by atoms with Crippen LogP contribution in [0.5, 0.6) is 0 Å². The van der Waals surface area contributed by atoms with Gasteiger partial charge in [0.1, 0.15) is 11.8 Å². The molecule has 0 saturated heterocycles. The van der Waals surface area contributed by atoms with Crippen LogP contribution in [0, 0.1) is 5.92 Å². The first-order valence-corrected chi connectivity index (χ1v) is 14.3. The maximum Gasteiger partial charge on any atom is 0.341 e. The number of rotatable bonds is 10. The summed E-state index contributed by atoms with van der Waals surface area (Å²) in [5.74, 6) is -0.990. The molecule has 2 heterocycles. The average Bonchev–Trinajstić information content (AvgIpc) is 3.69. The summed E-state index contributed by atoms with van der Waals surface area (Å²) in [5, 5.41) is 31.9. The minimum absolute atomic E-state index is 0.195. The third kappa shape index (κ3) is 5.09. The van der Waals surface area contributed by atoms with Gasteiger partial charge in [-0.1, -0.05) is 18.1 Å². The Kier molecular flexibility index (Phi) is 7.74. The number of aromatic nitrogens is 3. The number of aldehydes is 1. The van der Waals surface area contributed by atoms with Gasteiger partial charge in [-0.25, -0.2) is 9.48 Å². The molecule has 0 unspecified atom stereocenters. The van der Waals surface area contributed by atoms with Gasteiger partial charge in [0.05, 0.1) is 10.4 Å². The second kappa shape index (κ2) is 11.0. The lowest BCUT2D eigenvalue weighted by Crippen LogP contribution is -2.42. The first kappa shape index (κ1) is 26.0. The smallest absolute Gasteiger partial charge is 0.341 e. The molecule has 1 aromatic carbocycles. The van der Waals surface area contributed by atoms with Crippen LogP contribution in [0.4, 0.5) is 0 Å². The van der Waals surface area contributed by atoms with Gasteiger partial charge in [-0.3, -0.25) is 4.79 Å². The number of fused-ring (bicyclic) bond motifs is 1. The molecule has 2 fully saturated rings. The van der Waals surface area contributed by atoms with Gasteiger partial charge in [0, 0.05) is 24.1 Å². The predicted octanol–water partition coefficient (Wildman–Crippen LogP) is 4.82. The number of aliphatic hydroxyl groups is 1. The van der Waals surface area contributed by atoms with Gasteiger partial charge in [-0.15, -0.1) is 16.4 Å². The molecule has 2 aromatic heterocycles. The molecule has 37 heavy (non-hydrogen) atoms. The number of hydrogen-bond acceptors (Lipinski definition) is 7. The number of thiophene rings is 1. The Balaban J connectivity index is 1.16. The Morgan fingerprint density at radius 2 is 1.95 bits per heavy atom. The first-order chi connectivity index (χ1) is 17.9. The molecule has 9 heteroatoms. The quantitative estimate of drug-likeness (QED) is 0.366. The number of hydrogen-bond donors (Lipinski definition) is 2. The van der Waals surface area contributed by atoms with Crippen molar-refractivity contribution in [2.75, 3.05) is 13.6 Å². The number of nitrogens with zero attached hydrogens (tertiary/aromatic N) is 4. The first-order valence-electron chi connectivity index (χ1n) is 13.4. The number of benzene rings is 1. The van der Waals surface area contributed by atoms with Crippen LogP contribution in [0.1, 0.15) is 84.5 Å². The van der Waals surface area contributed by atoms with Gasteiger partial charge < -0.3 is 15.1 Å². The zero-order valence-corrected chi connectivity index (χ0v) is 22.2. The SMILES string of the molecule is CN(CCCn1nnc2cc(C=O)ccc21)C1CCC(c2ccsc2[C@@](O)(C(=O)O)C2CCCC2)CC1. The Labute approximate surface area is 221 Å². The van der Waals surface area contributed by atoms with E-state index in [0.29, 0.717) is 22.4 Å². The van der Waals surface area contributed by atoms with Crippen LogP contribution in [-0.4, -0.2) is 62.0 Å². The summed E-state index contributed by atoms with van der Waals surface area (Å²) in [4.78, 5) is 26.4. The number of carboxylic acid groups (broad SMARTS) is 1. The number of aryl methyl sites for hydroxylation is 1. The minimum atomic E-state index is -1.76. The van der Waals surface area contributed by atoms with Crippen molar-refractivity contribution < 1.29 is 19.8 Å². The Bertz CT molecular complexity index is 1240. The van der Waals surface area contributed by atoms with E-state index < -0.39 is 11.6 Å². The number of carbonyl (C=O) groups is 2. The highest BCUT2D eigenvalue weighted by Gasteiger charge is 2.49. The molecule has 5 rings (SSSR count). The Morgan fingerprint density at radius 3 is 2.65 bits per heavy atom. The predicted molar refractivity (Wildman–Crippen MR) is 143 cm³/mol. The van der Waals surface area contributed by atoms with Crippen LogP contribution in [-0.2, 0) is 16.9 Å². The van der Waals surface area contributed by atoms with Crippen LogP contribution in [0.3, 0.4) is 0 Å². The fourth-order valence-electron chi connectivity index (χ4n) is 6.46. The minimum Gasteiger partial charge on any atom is -0.479 e. The molecule has 0 bridgehead atoms. The van der Waals surface area contributed by atoms with Gasteiger partial charge in [-0.2, -0.15) is 0 Å². The van der Waals surface area contributed by atoms with Crippen LogP contribution in [0.25, 0.3) is 11.0 Å². The highest BCUT2D eigenvalue weighted by molar-refractivity contribution is 7.10.